The summed E-state index contributed by atoms with van der Waals surface area (Å²) in [7, 11) is -2.62. The summed E-state index contributed by atoms with van der Waals surface area (Å²) >= 11 is 0. The average Bonchev–Trinajstić information content (AvgIpc) is 3.27. The van der Waals surface area contributed by atoms with Crippen molar-refractivity contribution in [2.45, 2.75) is 45.8 Å². The number of para-hydroxylation sites is 1. The van der Waals surface area contributed by atoms with Crippen LogP contribution >= 0.6 is 8.09 Å². The van der Waals surface area contributed by atoms with E-state index in [9.17, 15) is 19.6 Å². The molecule has 0 aliphatic carbocycles. The van der Waals surface area contributed by atoms with Crippen LogP contribution in [0.25, 0.3) is 11.2 Å². The number of aromatic nitrogens is 4. The van der Waals surface area contributed by atoms with Crippen LogP contribution in [0.5, 0.6) is 5.75 Å². The van der Waals surface area contributed by atoms with Gasteiger partial charge < -0.3 is 0 Å². The second kappa shape index (κ2) is 12.9. The Morgan fingerprint density at radius 3 is 2.62 bits per heavy atom. The predicted molar refractivity (Wildman–Crippen MR) is 137 cm³/mol. The van der Waals surface area contributed by atoms with Gasteiger partial charge in [0.2, 0.25) is 0 Å². The summed E-state index contributed by atoms with van der Waals surface area (Å²) in [5, 5.41) is 15.3. The Bertz CT molecular complexity index is 1220. The Morgan fingerprint density at radius 2 is 1.97 bits per heavy atom. The number of carbonyl (C=O) groups excluding carboxylic acids is 1. The molecule has 1 aromatic carbocycles. The van der Waals surface area contributed by atoms with E-state index in [2.05, 4.69) is 25.4 Å². The molecule has 37 heavy (non-hydrogen) atoms. The number of aromatic amines is 1. The zero-order chi connectivity index (χ0) is 27.0. The SMILES string of the molecule is CNc1nc2c(ncn2COC(CO)CO[PH](O)(N[C@@H](C)C(=O)OC(C)C)Oc2ccccc2)c(=O)[nH]1. The summed E-state index contributed by atoms with van der Waals surface area (Å²) in [6.07, 6.45) is 0.138. The number of aliphatic hydroxyl groups is 1. The van der Waals surface area contributed by atoms with E-state index in [1.807, 2.05) is 0 Å². The van der Waals surface area contributed by atoms with E-state index in [0.29, 0.717) is 5.75 Å². The fourth-order valence-corrected chi connectivity index (χ4v) is 4.86. The van der Waals surface area contributed by atoms with Crippen LogP contribution in [0.1, 0.15) is 20.8 Å². The first-order valence-electron chi connectivity index (χ1n) is 11.6. The zero-order valence-electron chi connectivity index (χ0n) is 21.0. The number of hydrogen-bond acceptors (Lipinski definition) is 12. The molecule has 2 aromatic heterocycles. The van der Waals surface area contributed by atoms with Crippen molar-refractivity contribution >= 4 is 31.2 Å². The van der Waals surface area contributed by atoms with E-state index in [0.717, 1.165) is 0 Å². The van der Waals surface area contributed by atoms with Gasteiger partial charge in [-0.25, -0.2) is 0 Å². The summed E-state index contributed by atoms with van der Waals surface area (Å²) < 4.78 is 23.8. The number of esters is 1. The van der Waals surface area contributed by atoms with Crippen LogP contribution in [-0.4, -0.2) is 74.0 Å². The van der Waals surface area contributed by atoms with Gasteiger partial charge in [0, 0.05) is 0 Å². The fourth-order valence-electron chi connectivity index (χ4n) is 3.13. The Balaban J connectivity index is 1.69. The Morgan fingerprint density at radius 1 is 1.24 bits per heavy atom. The van der Waals surface area contributed by atoms with Gasteiger partial charge in [-0.3, -0.25) is 0 Å². The van der Waals surface area contributed by atoms with Crippen LogP contribution < -0.4 is 20.5 Å². The summed E-state index contributed by atoms with van der Waals surface area (Å²) in [5.74, 6) is -0.0188. The van der Waals surface area contributed by atoms with Crippen LogP contribution in [0.15, 0.2) is 41.5 Å². The van der Waals surface area contributed by atoms with Gasteiger partial charge in [-0.1, -0.05) is 0 Å². The molecule has 0 saturated carbocycles. The number of anilines is 1. The van der Waals surface area contributed by atoms with Crippen molar-refractivity contribution in [3.63, 3.8) is 0 Å². The van der Waals surface area contributed by atoms with Gasteiger partial charge in [-0.15, -0.1) is 0 Å². The number of ether oxygens (including phenoxy) is 2. The Labute approximate surface area is 213 Å². The summed E-state index contributed by atoms with van der Waals surface area (Å²) in [6, 6.07) is 7.51. The standard InChI is InChI=1S/C22H33N6O8P/c1-14(2)35-21(31)15(3)27-37(32,36-16-8-6-5-7-9-16)34-11-17(10-29)33-13-28-12-24-18-19(28)25-22(23-4)26-20(18)30/h5-9,12,14-15,17,27,29,32,37H,10-11,13H2,1-4H3,(H2,23,25,26,30)/t15-,17?/m0/s1. The molecule has 0 bridgehead atoms. The van der Waals surface area contributed by atoms with E-state index in [1.165, 1.54) is 17.8 Å². The molecule has 2 heterocycles. The Hall–Kier alpha value is -3.13. The van der Waals surface area contributed by atoms with Crippen molar-refractivity contribution in [1.82, 2.24) is 24.6 Å². The summed E-state index contributed by atoms with van der Waals surface area (Å²) in [5.41, 5.74) is -0.00692. The molecule has 0 spiro atoms. The molecule has 5 N–H and O–H groups in total. The third-order valence-electron chi connectivity index (χ3n) is 4.93. The number of nitrogens with one attached hydrogen (secondary N) is 3. The molecule has 1 unspecified atom stereocenters. The Kier molecular flexibility index (Phi) is 9.92. The number of hydrogen-bond donors (Lipinski definition) is 5. The van der Waals surface area contributed by atoms with Crippen LogP contribution in [0, 0.1) is 0 Å². The fraction of sp³-hybridized carbons (Fsp3) is 0.455. The molecule has 0 saturated heterocycles. The molecule has 0 aliphatic heterocycles. The van der Waals surface area contributed by atoms with Gasteiger partial charge in [0.15, 0.2) is 0 Å². The first-order valence-corrected chi connectivity index (χ1v) is 13.3. The molecule has 14 nitrogen and oxygen atoms in total. The van der Waals surface area contributed by atoms with E-state index in [1.54, 1.807) is 51.2 Å². The number of imidazole rings is 1. The minimum atomic E-state index is -4.23. The van der Waals surface area contributed by atoms with Gasteiger partial charge in [0.05, 0.1) is 0 Å². The molecule has 0 amide bonds. The van der Waals surface area contributed by atoms with Crippen molar-refractivity contribution < 1.29 is 33.3 Å². The van der Waals surface area contributed by atoms with E-state index in [4.69, 9.17) is 18.5 Å². The van der Waals surface area contributed by atoms with Crippen molar-refractivity contribution in [3.8, 4) is 5.75 Å². The van der Waals surface area contributed by atoms with Crippen molar-refractivity contribution in [2.24, 2.45) is 0 Å². The number of aliphatic hydroxyl groups excluding tert-OH is 1. The summed E-state index contributed by atoms with van der Waals surface area (Å²) in [4.78, 5) is 46.5. The average molecular weight is 541 g/mol. The molecule has 3 aromatic rings. The molecular weight excluding hydrogens is 507 g/mol. The number of carbonyl (C=O) groups is 1. The van der Waals surface area contributed by atoms with Gasteiger partial charge in [-0.05, 0) is 0 Å². The maximum absolute atomic E-state index is 12.3. The quantitative estimate of drug-likeness (QED) is 0.144. The van der Waals surface area contributed by atoms with Crippen molar-refractivity contribution in [1.29, 1.82) is 0 Å². The number of benzene rings is 1. The molecule has 204 valence electrons. The molecule has 0 aliphatic rings. The molecule has 0 radical (unpaired) electrons. The van der Waals surface area contributed by atoms with Crippen LogP contribution in [0.4, 0.5) is 5.95 Å². The van der Waals surface area contributed by atoms with Gasteiger partial charge in [0.25, 0.3) is 0 Å². The third-order valence-corrected chi connectivity index (χ3v) is 6.80. The number of H-pyrrole nitrogens is 1. The van der Waals surface area contributed by atoms with Gasteiger partial charge in [-0.2, -0.15) is 0 Å². The van der Waals surface area contributed by atoms with Gasteiger partial charge in [0.1, 0.15) is 0 Å². The van der Waals surface area contributed by atoms with Crippen molar-refractivity contribution in [3.05, 3.63) is 47.0 Å². The van der Waals surface area contributed by atoms with Crippen LogP contribution in [0.2, 0.25) is 0 Å². The normalized spacial score (nSPS) is 13.9. The zero-order valence-corrected chi connectivity index (χ0v) is 22.0. The molecule has 3 rings (SSSR count). The third kappa shape index (κ3) is 7.92. The first-order chi connectivity index (χ1) is 17.6. The number of rotatable bonds is 14. The monoisotopic (exact) mass is 540 g/mol. The molecule has 2 atom stereocenters. The molecule has 0 fully saturated rings. The second-order valence-corrected chi connectivity index (χ2v) is 10.3. The van der Waals surface area contributed by atoms with Gasteiger partial charge >= 0.3 is 213 Å². The van der Waals surface area contributed by atoms with Crippen LogP contribution in [0.3, 0.4) is 0 Å². The molecule has 15 heteroatoms. The van der Waals surface area contributed by atoms with E-state index in [-0.39, 0.29) is 36.6 Å². The number of nitrogens with zero attached hydrogens (tertiary/aromatic N) is 3. The number of fused-ring (bicyclic) bond motifs is 1. The predicted octanol–water partition coefficient (Wildman–Crippen LogP) is 0.924. The molecular formula is C22H33N6O8P. The van der Waals surface area contributed by atoms with E-state index >= 15 is 0 Å². The first kappa shape index (κ1) is 28.4. The van der Waals surface area contributed by atoms with E-state index < -0.39 is 38.4 Å². The van der Waals surface area contributed by atoms with Crippen molar-refractivity contribution in [2.75, 3.05) is 25.6 Å². The summed E-state index contributed by atoms with van der Waals surface area (Å²) in [6.45, 7) is 4.08. The maximum atomic E-state index is 12.3. The minimum absolute atomic E-state index is 0.116. The topological polar surface area (TPSA) is 182 Å². The second-order valence-electron chi connectivity index (χ2n) is 8.31. The van der Waals surface area contributed by atoms with Crippen LogP contribution in [-0.2, 0) is 25.5 Å².